The van der Waals surface area contributed by atoms with Crippen LogP contribution >= 0.6 is 35.0 Å². The number of thioether (sulfide) groups is 1. The number of non-ortho nitro benzene ring substituents is 1. The standard InChI is InChI=1S/C29H31Cl2N3O4S/c30-24-15-20(16-25(31)27(24)38-18-19-11-13-23(14-12-19)34(36)37)17-26-28(35)33(22-9-5-2-6-10-22)29(39-26)32-21-7-3-1-4-8-21/h11-17,21-22H,1-10,18H2. The Hall–Kier alpha value is -2.55. The van der Waals surface area contributed by atoms with E-state index in [1.807, 2.05) is 11.0 Å². The lowest BCUT2D eigenvalue weighted by atomic mass is 9.94. The molecule has 1 amide bonds. The zero-order valence-electron chi connectivity index (χ0n) is 21.6. The quantitative estimate of drug-likeness (QED) is 0.184. The molecule has 10 heteroatoms. The zero-order chi connectivity index (χ0) is 27.4. The van der Waals surface area contributed by atoms with Crippen molar-refractivity contribution in [2.24, 2.45) is 4.99 Å². The molecule has 2 saturated carbocycles. The number of benzene rings is 2. The Balaban J connectivity index is 1.34. The number of hydrogen-bond acceptors (Lipinski definition) is 6. The molecule has 2 aliphatic carbocycles. The molecule has 3 aliphatic rings. The van der Waals surface area contributed by atoms with E-state index >= 15 is 0 Å². The largest absolute Gasteiger partial charge is 0.486 e. The highest BCUT2D eigenvalue weighted by atomic mass is 35.5. The Morgan fingerprint density at radius 1 is 1.00 bits per heavy atom. The number of nitrogens with zero attached hydrogens (tertiary/aromatic N) is 3. The average molecular weight is 589 g/mol. The molecular weight excluding hydrogens is 557 g/mol. The molecule has 0 radical (unpaired) electrons. The van der Waals surface area contributed by atoms with Gasteiger partial charge in [0, 0.05) is 18.2 Å². The number of hydrogen-bond donors (Lipinski definition) is 0. The second-order valence-electron chi connectivity index (χ2n) is 10.3. The average Bonchev–Trinajstić information content (AvgIpc) is 3.23. The fourth-order valence-electron chi connectivity index (χ4n) is 5.43. The molecule has 0 unspecified atom stereocenters. The third kappa shape index (κ3) is 6.79. The van der Waals surface area contributed by atoms with Crippen molar-refractivity contribution in [2.75, 3.05) is 0 Å². The van der Waals surface area contributed by atoms with Crippen LogP contribution in [0.3, 0.4) is 0 Å². The van der Waals surface area contributed by atoms with Crippen molar-refractivity contribution >= 4 is 57.8 Å². The summed E-state index contributed by atoms with van der Waals surface area (Å²) in [4.78, 5) is 31.7. The van der Waals surface area contributed by atoms with Crippen LogP contribution in [-0.4, -0.2) is 33.0 Å². The number of halogens is 2. The van der Waals surface area contributed by atoms with Crippen molar-refractivity contribution in [3.8, 4) is 5.75 Å². The molecule has 0 atom stereocenters. The third-order valence-corrected chi connectivity index (χ3v) is 9.05. The molecule has 2 aromatic rings. The summed E-state index contributed by atoms with van der Waals surface area (Å²) in [6.45, 7) is 0.156. The number of carbonyl (C=O) groups is 1. The molecule has 1 saturated heterocycles. The summed E-state index contributed by atoms with van der Waals surface area (Å²) < 4.78 is 5.84. The van der Waals surface area contributed by atoms with Gasteiger partial charge in [0.1, 0.15) is 6.61 Å². The fraction of sp³-hybridized carbons (Fsp3) is 0.448. The number of nitro groups is 1. The van der Waals surface area contributed by atoms with Gasteiger partial charge in [-0.15, -0.1) is 0 Å². The van der Waals surface area contributed by atoms with E-state index in [2.05, 4.69) is 0 Å². The van der Waals surface area contributed by atoms with Gasteiger partial charge in [-0.25, -0.2) is 0 Å². The number of amidine groups is 1. The summed E-state index contributed by atoms with van der Waals surface area (Å²) in [5.74, 6) is 0.333. The Bertz CT molecular complexity index is 1260. The van der Waals surface area contributed by atoms with Crippen LogP contribution in [0.5, 0.6) is 5.75 Å². The Kier molecular flexibility index (Phi) is 9.15. The number of nitro benzene ring substituents is 1. The van der Waals surface area contributed by atoms with Crippen LogP contribution in [-0.2, 0) is 11.4 Å². The summed E-state index contributed by atoms with van der Waals surface area (Å²) >= 11 is 14.5. The van der Waals surface area contributed by atoms with Crippen molar-refractivity contribution < 1.29 is 14.5 Å². The summed E-state index contributed by atoms with van der Waals surface area (Å²) in [6.07, 6.45) is 13.2. The van der Waals surface area contributed by atoms with Crippen molar-refractivity contribution in [3.05, 3.63) is 72.6 Å². The number of carbonyl (C=O) groups excluding carboxylic acids is 1. The van der Waals surface area contributed by atoms with Gasteiger partial charge >= 0.3 is 0 Å². The van der Waals surface area contributed by atoms with E-state index < -0.39 is 4.92 Å². The van der Waals surface area contributed by atoms with Crippen LogP contribution in [0.1, 0.15) is 75.3 Å². The van der Waals surface area contributed by atoms with Gasteiger partial charge in [0.2, 0.25) is 0 Å². The van der Waals surface area contributed by atoms with E-state index in [-0.39, 0.29) is 30.3 Å². The highest BCUT2D eigenvalue weighted by Gasteiger charge is 2.39. The second-order valence-corrected chi connectivity index (χ2v) is 12.1. The fourth-order valence-corrected chi connectivity index (χ4v) is 7.15. The van der Waals surface area contributed by atoms with E-state index in [0.29, 0.717) is 26.3 Å². The SMILES string of the molecule is O=C1C(=Cc2cc(Cl)c(OCc3ccc([N+](=O)[O-])cc3)c(Cl)c2)SC(=NC2CCCCC2)N1C1CCCCC1. The van der Waals surface area contributed by atoms with Gasteiger partial charge in [-0.05, 0) is 78.9 Å². The number of amides is 1. The molecule has 3 fully saturated rings. The van der Waals surface area contributed by atoms with Crippen molar-refractivity contribution in [2.45, 2.75) is 82.9 Å². The van der Waals surface area contributed by atoms with Crippen LogP contribution in [0, 0.1) is 10.1 Å². The topological polar surface area (TPSA) is 85.0 Å². The molecule has 2 aromatic carbocycles. The van der Waals surface area contributed by atoms with E-state index in [0.717, 1.165) is 49.3 Å². The molecule has 5 rings (SSSR count). The molecule has 206 valence electrons. The summed E-state index contributed by atoms with van der Waals surface area (Å²) in [5.41, 5.74) is 1.48. The highest BCUT2D eigenvalue weighted by Crippen LogP contribution is 2.40. The molecule has 0 aromatic heterocycles. The minimum absolute atomic E-state index is 0.00667. The van der Waals surface area contributed by atoms with Gasteiger partial charge in [0.15, 0.2) is 10.9 Å². The lowest BCUT2D eigenvalue weighted by Crippen LogP contribution is -2.41. The van der Waals surface area contributed by atoms with Crippen molar-refractivity contribution in [1.29, 1.82) is 0 Å². The molecular formula is C29H31Cl2N3O4S. The Morgan fingerprint density at radius 2 is 1.62 bits per heavy atom. The Labute approximate surface area is 242 Å². The number of aliphatic imine (C=N–C) groups is 1. The van der Waals surface area contributed by atoms with Crippen LogP contribution in [0.4, 0.5) is 5.69 Å². The third-order valence-electron chi connectivity index (χ3n) is 7.49. The number of rotatable bonds is 7. The molecule has 0 bridgehead atoms. The second kappa shape index (κ2) is 12.7. The smallest absolute Gasteiger partial charge is 0.269 e. The first kappa shape index (κ1) is 28.0. The first-order valence-corrected chi connectivity index (χ1v) is 15.1. The molecule has 7 nitrogen and oxygen atoms in total. The summed E-state index contributed by atoms with van der Waals surface area (Å²) in [6, 6.07) is 10.1. The highest BCUT2D eigenvalue weighted by molar-refractivity contribution is 8.18. The molecule has 1 heterocycles. The Morgan fingerprint density at radius 3 is 2.23 bits per heavy atom. The predicted molar refractivity (Wildman–Crippen MR) is 157 cm³/mol. The number of ether oxygens (including phenoxy) is 1. The lowest BCUT2D eigenvalue weighted by molar-refractivity contribution is -0.384. The van der Waals surface area contributed by atoms with Gasteiger partial charge in [0.05, 0.1) is 25.9 Å². The van der Waals surface area contributed by atoms with E-state index in [1.165, 1.54) is 49.6 Å². The zero-order valence-corrected chi connectivity index (χ0v) is 23.9. The summed E-state index contributed by atoms with van der Waals surface area (Å²) in [5, 5.41) is 12.4. The summed E-state index contributed by atoms with van der Waals surface area (Å²) in [7, 11) is 0. The van der Waals surface area contributed by atoms with Crippen LogP contribution in [0.15, 0.2) is 46.3 Å². The maximum Gasteiger partial charge on any atom is 0.269 e. The maximum absolute atomic E-state index is 13.6. The van der Waals surface area contributed by atoms with Crippen LogP contribution in [0.2, 0.25) is 10.0 Å². The molecule has 1 aliphatic heterocycles. The van der Waals surface area contributed by atoms with Crippen molar-refractivity contribution in [3.63, 3.8) is 0 Å². The van der Waals surface area contributed by atoms with Gasteiger partial charge in [-0.2, -0.15) is 0 Å². The first-order chi connectivity index (χ1) is 18.9. The van der Waals surface area contributed by atoms with Gasteiger partial charge in [-0.3, -0.25) is 24.8 Å². The normalized spacial score (nSPS) is 21.2. The van der Waals surface area contributed by atoms with Gasteiger partial charge in [0.25, 0.3) is 11.6 Å². The minimum Gasteiger partial charge on any atom is -0.486 e. The molecule has 0 N–H and O–H groups in total. The van der Waals surface area contributed by atoms with E-state index in [9.17, 15) is 14.9 Å². The maximum atomic E-state index is 13.6. The van der Waals surface area contributed by atoms with Crippen LogP contribution < -0.4 is 4.74 Å². The lowest BCUT2D eigenvalue weighted by Gasteiger charge is -2.31. The van der Waals surface area contributed by atoms with E-state index in [4.69, 9.17) is 32.9 Å². The van der Waals surface area contributed by atoms with Crippen molar-refractivity contribution in [1.82, 2.24) is 4.90 Å². The van der Waals surface area contributed by atoms with Gasteiger partial charge in [-0.1, -0.05) is 61.7 Å². The monoisotopic (exact) mass is 587 g/mol. The van der Waals surface area contributed by atoms with E-state index in [1.54, 1.807) is 24.3 Å². The first-order valence-electron chi connectivity index (χ1n) is 13.5. The van der Waals surface area contributed by atoms with Crippen LogP contribution in [0.25, 0.3) is 6.08 Å². The minimum atomic E-state index is -0.446. The van der Waals surface area contributed by atoms with Gasteiger partial charge < -0.3 is 4.74 Å². The molecule has 39 heavy (non-hydrogen) atoms. The molecule has 0 spiro atoms. The predicted octanol–water partition coefficient (Wildman–Crippen LogP) is 8.42.